The molecule has 12 heavy (non-hydrogen) atoms. The van der Waals surface area contributed by atoms with Crippen molar-refractivity contribution in [1.29, 1.82) is 0 Å². The van der Waals surface area contributed by atoms with E-state index in [2.05, 4.69) is 20.3 Å². The SMILES string of the molecule is CNc1c(Cl)ccc2nonc12. The zero-order chi connectivity index (χ0) is 8.55. The lowest BCUT2D eigenvalue weighted by atomic mass is 10.2. The van der Waals surface area contributed by atoms with E-state index in [0.717, 1.165) is 5.69 Å². The van der Waals surface area contributed by atoms with Crippen LogP contribution in [-0.4, -0.2) is 17.4 Å². The van der Waals surface area contributed by atoms with Crippen molar-refractivity contribution in [3.8, 4) is 0 Å². The van der Waals surface area contributed by atoms with E-state index in [1.807, 2.05) is 0 Å². The average molecular weight is 184 g/mol. The Morgan fingerprint density at radius 3 is 3.00 bits per heavy atom. The van der Waals surface area contributed by atoms with Crippen LogP contribution < -0.4 is 5.32 Å². The van der Waals surface area contributed by atoms with Gasteiger partial charge < -0.3 is 5.32 Å². The monoisotopic (exact) mass is 183 g/mol. The van der Waals surface area contributed by atoms with Gasteiger partial charge >= 0.3 is 0 Å². The lowest BCUT2D eigenvalue weighted by Crippen LogP contribution is -1.90. The van der Waals surface area contributed by atoms with Crippen LogP contribution in [0.5, 0.6) is 0 Å². The largest absolute Gasteiger partial charge is 0.385 e. The van der Waals surface area contributed by atoms with Crippen LogP contribution in [0.4, 0.5) is 5.69 Å². The Labute approximate surface area is 73.5 Å². The molecule has 62 valence electrons. The van der Waals surface area contributed by atoms with Gasteiger partial charge in [0.2, 0.25) is 0 Å². The van der Waals surface area contributed by atoms with E-state index >= 15 is 0 Å². The summed E-state index contributed by atoms with van der Waals surface area (Å²) >= 11 is 5.89. The number of nitrogens with zero attached hydrogens (tertiary/aromatic N) is 2. The molecule has 0 saturated heterocycles. The third kappa shape index (κ3) is 0.921. The van der Waals surface area contributed by atoms with E-state index in [4.69, 9.17) is 11.6 Å². The van der Waals surface area contributed by atoms with Crippen LogP contribution in [0.1, 0.15) is 0 Å². The molecule has 5 heteroatoms. The number of rotatable bonds is 1. The van der Waals surface area contributed by atoms with Gasteiger partial charge in [-0.1, -0.05) is 11.6 Å². The van der Waals surface area contributed by atoms with Crippen molar-refractivity contribution < 1.29 is 4.63 Å². The Hall–Kier alpha value is -1.29. The number of fused-ring (bicyclic) bond motifs is 1. The summed E-state index contributed by atoms with van der Waals surface area (Å²) in [5, 5.41) is 10.9. The average Bonchev–Trinajstić information content (AvgIpc) is 2.52. The van der Waals surface area contributed by atoms with Gasteiger partial charge in [-0.3, -0.25) is 0 Å². The summed E-state index contributed by atoms with van der Waals surface area (Å²) in [4.78, 5) is 0. The van der Waals surface area contributed by atoms with Crippen LogP contribution in [0, 0.1) is 0 Å². The second-order valence-electron chi connectivity index (χ2n) is 2.30. The minimum absolute atomic E-state index is 0.612. The maximum Gasteiger partial charge on any atom is 0.159 e. The minimum Gasteiger partial charge on any atom is -0.385 e. The second kappa shape index (κ2) is 2.64. The Balaban J connectivity index is 2.83. The molecule has 0 radical (unpaired) electrons. The van der Waals surface area contributed by atoms with Crippen LogP contribution in [0.2, 0.25) is 5.02 Å². The molecule has 0 atom stereocenters. The van der Waals surface area contributed by atoms with Gasteiger partial charge in [0, 0.05) is 7.05 Å². The van der Waals surface area contributed by atoms with E-state index in [9.17, 15) is 0 Å². The first-order valence-corrected chi connectivity index (χ1v) is 3.79. The summed E-state index contributed by atoms with van der Waals surface area (Å²) in [6.45, 7) is 0. The number of halogens is 1. The molecule has 0 amide bonds. The summed E-state index contributed by atoms with van der Waals surface area (Å²) in [6, 6.07) is 3.51. The number of hydrogen-bond donors (Lipinski definition) is 1. The zero-order valence-electron chi connectivity index (χ0n) is 6.34. The summed E-state index contributed by atoms with van der Waals surface area (Å²) in [5.41, 5.74) is 2.10. The van der Waals surface area contributed by atoms with E-state index in [1.54, 1.807) is 19.2 Å². The third-order valence-corrected chi connectivity index (χ3v) is 1.94. The van der Waals surface area contributed by atoms with Gasteiger partial charge in [0.05, 0.1) is 10.7 Å². The molecule has 1 aromatic heterocycles. The van der Waals surface area contributed by atoms with Gasteiger partial charge in [-0.15, -0.1) is 0 Å². The fourth-order valence-corrected chi connectivity index (χ4v) is 1.31. The highest BCUT2D eigenvalue weighted by Crippen LogP contribution is 2.28. The van der Waals surface area contributed by atoms with E-state index in [-0.39, 0.29) is 0 Å². The molecule has 0 spiro atoms. The molecule has 4 nitrogen and oxygen atoms in total. The summed E-state index contributed by atoms with van der Waals surface area (Å²) in [7, 11) is 1.77. The second-order valence-corrected chi connectivity index (χ2v) is 2.71. The van der Waals surface area contributed by atoms with Gasteiger partial charge in [0.25, 0.3) is 0 Å². The molecule has 0 aliphatic heterocycles. The lowest BCUT2D eigenvalue weighted by molar-refractivity contribution is 0.315. The highest BCUT2D eigenvalue weighted by atomic mass is 35.5. The normalized spacial score (nSPS) is 10.5. The Kier molecular flexibility index (Phi) is 1.62. The van der Waals surface area contributed by atoms with Gasteiger partial charge in [-0.25, -0.2) is 4.63 Å². The van der Waals surface area contributed by atoms with Gasteiger partial charge in [0.15, 0.2) is 5.52 Å². The van der Waals surface area contributed by atoms with Gasteiger partial charge in [0.1, 0.15) is 5.52 Å². The van der Waals surface area contributed by atoms with Crippen molar-refractivity contribution >= 4 is 28.3 Å². The van der Waals surface area contributed by atoms with Crippen LogP contribution in [0.3, 0.4) is 0 Å². The van der Waals surface area contributed by atoms with Crippen LogP contribution in [0.25, 0.3) is 11.0 Å². The first-order chi connectivity index (χ1) is 5.83. The molecule has 0 aliphatic rings. The fraction of sp³-hybridized carbons (Fsp3) is 0.143. The highest BCUT2D eigenvalue weighted by molar-refractivity contribution is 6.34. The Bertz CT molecular complexity index is 412. The van der Waals surface area contributed by atoms with Crippen molar-refractivity contribution in [3.63, 3.8) is 0 Å². The maximum atomic E-state index is 5.89. The van der Waals surface area contributed by atoms with E-state index < -0.39 is 0 Å². The van der Waals surface area contributed by atoms with Crippen molar-refractivity contribution in [3.05, 3.63) is 17.2 Å². The molecule has 2 aromatic rings. The molecule has 0 aliphatic carbocycles. The predicted octanol–water partition coefficient (Wildman–Crippen LogP) is 1.92. The zero-order valence-corrected chi connectivity index (χ0v) is 7.09. The molecule has 1 aromatic carbocycles. The lowest BCUT2D eigenvalue weighted by Gasteiger charge is -2.00. The maximum absolute atomic E-state index is 5.89. The number of nitrogens with one attached hydrogen (secondary N) is 1. The van der Waals surface area contributed by atoms with Crippen molar-refractivity contribution in [1.82, 2.24) is 10.3 Å². The van der Waals surface area contributed by atoms with E-state index in [1.165, 1.54) is 0 Å². The first-order valence-electron chi connectivity index (χ1n) is 3.41. The van der Waals surface area contributed by atoms with Crippen LogP contribution >= 0.6 is 11.6 Å². The minimum atomic E-state index is 0.612. The summed E-state index contributed by atoms with van der Waals surface area (Å²) in [5.74, 6) is 0. The molecule has 0 fully saturated rings. The molecular weight excluding hydrogens is 178 g/mol. The smallest absolute Gasteiger partial charge is 0.159 e. The molecule has 1 N–H and O–H groups in total. The topological polar surface area (TPSA) is 51.0 Å². The molecule has 2 rings (SSSR count). The fourth-order valence-electron chi connectivity index (χ4n) is 1.06. The predicted molar refractivity (Wildman–Crippen MR) is 46.4 cm³/mol. The Morgan fingerprint density at radius 2 is 2.25 bits per heavy atom. The van der Waals surface area contributed by atoms with Gasteiger partial charge in [-0.2, -0.15) is 0 Å². The number of aromatic nitrogens is 2. The third-order valence-electron chi connectivity index (χ3n) is 1.63. The van der Waals surface area contributed by atoms with E-state index in [0.29, 0.717) is 16.1 Å². The molecule has 0 bridgehead atoms. The van der Waals surface area contributed by atoms with Gasteiger partial charge in [-0.05, 0) is 22.4 Å². The molecule has 1 heterocycles. The van der Waals surface area contributed by atoms with Crippen molar-refractivity contribution in [2.75, 3.05) is 12.4 Å². The first kappa shape index (κ1) is 7.36. The highest BCUT2D eigenvalue weighted by Gasteiger charge is 2.08. The van der Waals surface area contributed by atoms with Crippen LogP contribution in [0.15, 0.2) is 16.8 Å². The number of benzene rings is 1. The summed E-state index contributed by atoms with van der Waals surface area (Å²) in [6.07, 6.45) is 0. The summed E-state index contributed by atoms with van der Waals surface area (Å²) < 4.78 is 4.56. The molecular formula is C7H6ClN3O. The molecule has 0 saturated carbocycles. The van der Waals surface area contributed by atoms with Crippen molar-refractivity contribution in [2.45, 2.75) is 0 Å². The standard InChI is InChI=1S/C7H6ClN3O/c1-9-6-4(8)2-3-5-7(6)11-12-10-5/h2-3,9H,1H3. The van der Waals surface area contributed by atoms with Crippen LogP contribution in [-0.2, 0) is 0 Å². The quantitative estimate of drug-likeness (QED) is 0.734. The number of hydrogen-bond acceptors (Lipinski definition) is 4. The number of anilines is 1. The van der Waals surface area contributed by atoms with Crippen molar-refractivity contribution in [2.24, 2.45) is 0 Å². The Morgan fingerprint density at radius 1 is 1.42 bits per heavy atom. The molecule has 0 unspecified atom stereocenters.